The summed E-state index contributed by atoms with van der Waals surface area (Å²) in [4.78, 5) is 1.40. The van der Waals surface area contributed by atoms with Gasteiger partial charge in [0.1, 0.15) is 23.1 Å². The van der Waals surface area contributed by atoms with Crippen LogP contribution in [-0.2, 0) is 13.1 Å². The number of benzene rings is 2. The Kier molecular flexibility index (Phi) is 4.29. The summed E-state index contributed by atoms with van der Waals surface area (Å²) in [6.07, 6.45) is 0. The van der Waals surface area contributed by atoms with Gasteiger partial charge in [0.15, 0.2) is 0 Å². The first-order chi connectivity index (χ1) is 9.51. The van der Waals surface area contributed by atoms with Crippen molar-refractivity contribution in [3.8, 4) is 0 Å². The molecule has 5 heteroatoms. The minimum Gasteiger partial charge on any atom is -0.366 e. The van der Waals surface area contributed by atoms with Crippen LogP contribution >= 0.6 is 0 Å². The maximum Gasteiger partial charge on any atom is 0.149 e. The van der Waals surface area contributed by atoms with E-state index in [1.54, 1.807) is 19.2 Å². The van der Waals surface area contributed by atoms with Crippen molar-refractivity contribution in [3.63, 3.8) is 0 Å². The van der Waals surface area contributed by atoms with Gasteiger partial charge in [-0.25, -0.2) is 13.2 Å². The number of hydrogen-bond donors (Lipinski definition) is 1. The molecule has 0 spiro atoms. The van der Waals surface area contributed by atoms with E-state index in [9.17, 15) is 13.2 Å². The van der Waals surface area contributed by atoms with Gasteiger partial charge in [-0.05, 0) is 35.4 Å². The van der Waals surface area contributed by atoms with E-state index in [4.69, 9.17) is 5.73 Å². The number of nitrogens with two attached hydrogens (primary N) is 1. The third-order valence-corrected chi connectivity index (χ3v) is 3.00. The van der Waals surface area contributed by atoms with Crippen LogP contribution in [0, 0.1) is 17.5 Å². The summed E-state index contributed by atoms with van der Waals surface area (Å²) in [5, 5.41) is 0. The molecular weight excluding hydrogens is 265 g/mol. The zero-order valence-electron chi connectivity index (χ0n) is 11.0. The van der Waals surface area contributed by atoms with Crippen molar-refractivity contribution >= 4 is 5.69 Å². The van der Waals surface area contributed by atoms with Gasteiger partial charge in [0.2, 0.25) is 0 Å². The van der Waals surface area contributed by atoms with Crippen molar-refractivity contribution in [3.05, 3.63) is 65.0 Å². The normalized spacial score (nSPS) is 10.7. The van der Waals surface area contributed by atoms with E-state index >= 15 is 0 Å². The van der Waals surface area contributed by atoms with Crippen LogP contribution in [0.3, 0.4) is 0 Å². The molecule has 0 unspecified atom stereocenters. The zero-order chi connectivity index (χ0) is 14.7. The van der Waals surface area contributed by atoms with Gasteiger partial charge < -0.3 is 10.6 Å². The predicted octanol–water partition coefficient (Wildman–Crippen LogP) is 3.20. The fourth-order valence-corrected chi connectivity index (χ4v) is 2.09. The lowest BCUT2D eigenvalue weighted by atomic mass is 10.1. The average Bonchev–Trinajstić information content (AvgIpc) is 2.37. The summed E-state index contributed by atoms with van der Waals surface area (Å²) in [5.41, 5.74) is 6.24. The molecule has 2 aromatic carbocycles. The van der Waals surface area contributed by atoms with Crippen LogP contribution in [0.5, 0.6) is 0 Å². The van der Waals surface area contributed by atoms with Crippen LogP contribution in [-0.4, -0.2) is 7.05 Å². The third kappa shape index (κ3) is 3.11. The maximum absolute atomic E-state index is 13.9. The van der Waals surface area contributed by atoms with Gasteiger partial charge in [0.05, 0.1) is 0 Å². The van der Waals surface area contributed by atoms with E-state index in [2.05, 4.69) is 0 Å². The van der Waals surface area contributed by atoms with E-state index in [0.29, 0.717) is 11.1 Å². The predicted molar refractivity (Wildman–Crippen MR) is 72.8 cm³/mol. The Morgan fingerprint density at radius 1 is 1.00 bits per heavy atom. The molecule has 20 heavy (non-hydrogen) atoms. The van der Waals surface area contributed by atoms with Gasteiger partial charge in [-0.1, -0.05) is 12.1 Å². The molecule has 2 aromatic rings. The Labute approximate surface area is 115 Å². The van der Waals surface area contributed by atoms with Crippen molar-refractivity contribution in [1.82, 2.24) is 0 Å². The van der Waals surface area contributed by atoms with Crippen molar-refractivity contribution in [1.29, 1.82) is 0 Å². The molecule has 0 heterocycles. The van der Waals surface area contributed by atoms with Gasteiger partial charge in [0.25, 0.3) is 0 Å². The lowest BCUT2D eigenvalue weighted by Crippen LogP contribution is -2.19. The average molecular weight is 280 g/mol. The molecule has 0 saturated heterocycles. The third-order valence-electron chi connectivity index (χ3n) is 3.00. The van der Waals surface area contributed by atoms with E-state index in [0.717, 1.165) is 0 Å². The Hall–Kier alpha value is -2.01. The molecule has 2 rings (SSSR count). The molecule has 0 fully saturated rings. The van der Waals surface area contributed by atoms with E-state index in [1.165, 1.54) is 29.2 Å². The molecule has 0 aromatic heterocycles. The molecule has 0 aliphatic carbocycles. The summed E-state index contributed by atoms with van der Waals surface area (Å²) >= 11 is 0. The molecule has 2 nitrogen and oxygen atoms in total. The number of halogens is 3. The van der Waals surface area contributed by atoms with Crippen molar-refractivity contribution in [2.45, 2.75) is 13.1 Å². The fourth-order valence-electron chi connectivity index (χ4n) is 2.09. The van der Waals surface area contributed by atoms with Gasteiger partial charge in [0, 0.05) is 20.1 Å². The number of nitrogens with zero attached hydrogens (tertiary/aromatic N) is 1. The van der Waals surface area contributed by atoms with E-state index in [-0.39, 0.29) is 24.6 Å². The highest BCUT2D eigenvalue weighted by molar-refractivity contribution is 5.50. The first-order valence-corrected chi connectivity index (χ1v) is 6.15. The molecule has 0 aliphatic rings. The Morgan fingerprint density at radius 2 is 1.65 bits per heavy atom. The molecular formula is C15H15F3N2. The molecule has 2 N–H and O–H groups in total. The Morgan fingerprint density at radius 3 is 2.20 bits per heavy atom. The van der Waals surface area contributed by atoms with Gasteiger partial charge in [-0.3, -0.25) is 0 Å². The minimum absolute atomic E-state index is 0.0712. The minimum atomic E-state index is -0.677. The molecule has 106 valence electrons. The first kappa shape index (κ1) is 14.4. The first-order valence-electron chi connectivity index (χ1n) is 6.15. The highest BCUT2D eigenvalue weighted by atomic mass is 19.1. The number of hydrogen-bond acceptors (Lipinski definition) is 2. The summed E-state index contributed by atoms with van der Waals surface area (Å²) in [7, 11) is 1.55. The monoisotopic (exact) mass is 280 g/mol. The topological polar surface area (TPSA) is 29.3 Å². The van der Waals surface area contributed by atoms with Gasteiger partial charge in [-0.15, -0.1) is 0 Å². The number of rotatable bonds is 4. The molecule has 0 amide bonds. The van der Waals surface area contributed by atoms with Crippen LogP contribution in [0.4, 0.5) is 18.9 Å². The second kappa shape index (κ2) is 5.96. The molecule has 0 saturated carbocycles. The Balaban J connectivity index is 2.27. The number of anilines is 1. The fraction of sp³-hybridized carbons (Fsp3) is 0.200. The maximum atomic E-state index is 13.9. The molecule has 0 aliphatic heterocycles. The van der Waals surface area contributed by atoms with Gasteiger partial charge in [-0.2, -0.15) is 0 Å². The highest BCUT2D eigenvalue weighted by Crippen LogP contribution is 2.25. The smallest absolute Gasteiger partial charge is 0.149 e. The lowest BCUT2D eigenvalue weighted by Gasteiger charge is -2.21. The summed E-state index contributed by atoms with van der Waals surface area (Å²) in [6.45, 7) is 0.273. The summed E-state index contributed by atoms with van der Waals surface area (Å²) < 4.78 is 40.9. The lowest BCUT2D eigenvalue weighted by molar-refractivity contribution is 0.573. The Bertz CT molecular complexity index is 591. The standard InChI is InChI=1S/C15H15F3N2/c1-20(9-10-3-2-4-12(16)5-10)15-13(17)6-11(8-19)7-14(15)18/h2-7H,8-9,19H2,1H3. The molecule has 0 radical (unpaired) electrons. The molecule has 0 atom stereocenters. The van der Waals surface area contributed by atoms with E-state index < -0.39 is 11.6 Å². The summed E-state index contributed by atoms with van der Waals surface area (Å²) in [5.74, 6) is -1.73. The van der Waals surface area contributed by atoms with Crippen molar-refractivity contribution in [2.75, 3.05) is 11.9 Å². The van der Waals surface area contributed by atoms with Crippen LogP contribution in [0.2, 0.25) is 0 Å². The van der Waals surface area contributed by atoms with Crippen LogP contribution in [0.25, 0.3) is 0 Å². The highest BCUT2D eigenvalue weighted by Gasteiger charge is 2.15. The van der Waals surface area contributed by atoms with Crippen LogP contribution in [0.1, 0.15) is 11.1 Å². The van der Waals surface area contributed by atoms with Crippen LogP contribution < -0.4 is 10.6 Å². The SMILES string of the molecule is CN(Cc1cccc(F)c1)c1c(F)cc(CN)cc1F. The quantitative estimate of drug-likeness (QED) is 0.932. The second-order valence-corrected chi connectivity index (χ2v) is 4.60. The van der Waals surface area contributed by atoms with E-state index in [1.807, 2.05) is 0 Å². The van der Waals surface area contributed by atoms with Crippen molar-refractivity contribution < 1.29 is 13.2 Å². The summed E-state index contributed by atoms with van der Waals surface area (Å²) in [6, 6.07) is 8.33. The molecule has 0 bridgehead atoms. The van der Waals surface area contributed by atoms with Crippen molar-refractivity contribution in [2.24, 2.45) is 5.73 Å². The largest absolute Gasteiger partial charge is 0.366 e. The second-order valence-electron chi connectivity index (χ2n) is 4.60. The van der Waals surface area contributed by atoms with Gasteiger partial charge >= 0.3 is 0 Å². The zero-order valence-corrected chi connectivity index (χ0v) is 11.0. The van der Waals surface area contributed by atoms with Crippen LogP contribution in [0.15, 0.2) is 36.4 Å².